The number of nitrogens with one attached hydrogen (secondary N) is 1. The first kappa shape index (κ1) is 15.0. The summed E-state index contributed by atoms with van der Waals surface area (Å²) < 4.78 is 0. The van der Waals surface area contributed by atoms with Crippen molar-refractivity contribution in [2.24, 2.45) is 5.92 Å². The van der Waals surface area contributed by atoms with Crippen LogP contribution in [0.25, 0.3) is 0 Å². The molecule has 0 bridgehead atoms. The van der Waals surface area contributed by atoms with Gasteiger partial charge < -0.3 is 5.32 Å². The Morgan fingerprint density at radius 2 is 1.29 bits per heavy atom. The summed E-state index contributed by atoms with van der Waals surface area (Å²) in [6.45, 7) is 2.31. The molecular formula is C23H23N. The first-order valence-corrected chi connectivity index (χ1v) is 8.84. The summed E-state index contributed by atoms with van der Waals surface area (Å²) in [5.74, 6) is 0.962. The highest BCUT2D eigenvalue weighted by molar-refractivity contribution is 5.60. The first-order valence-electron chi connectivity index (χ1n) is 8.84. The minimum absolute atomic E-state index is 0.344. The second-order valence-electron chi connectivity index (χ2n) is 6.58. The molecule has 0 saturated heterocycles. The fourth-order valence-corrected chi connectivity index (χ4v) is 4.15. The highest BCUT2D eigenvalue weighted by Gasteiger charge is 2.36. The third-order valence-corrected chi connectivity index (χ3v) is 5.25. The molecule has 0 spiro atoms. The molecule has 1 heteroatoms. The number of benzene rings is 3. The van der Waals surface area contributed by atoms with Gasteiger partial charge in [0.2, 0.25) is 0 Å². The van der Waals surface area contributed by atoms with Crippen LogP contribution >= 0.6 is 0 Å². The minimum Gasteiger partial charge on any atom is -0.378 e. The molecule has 24 heavy (non-hydrogen) atoms. The van der Waals surface area contributed by atoms with Crippen LogP contribution in [0.4, 0.5) is 5.69 Å². The maximum absolute atomic E-state index is 3.81. The molecule has 1 nitrogen and oxygen atoms in total. The Morgan fingerprint density at radius 1 is 0.708 bits per heavy atom. The van der Waals surface area contributed by atoms with Crippen LogP contribution in [-0.4, -0.2) is 0 Å². The molecule has 0 saturated carbocycles. The molecule has 4 rings (SSSR count). The summed E-state index contributed by atoms with van der Waals surface area (Å²) >= 11 is 0. The molecule has 0 radical (unpaired) electrons. The Hall–Kier alpha value is -2.54. The molecule has 0 aliphatic carbocycles. The van der Waals surface area contributed by atoms with E-state index in [0.29, 0.717) is 17.9 Å². The summed E-state index contributed by atoms with van der Waals surface area (Å²) in [5.41, 5.74) is 5.48. The molecule has 3 aromatic carbocycles. The van der Waals surface area contributed by atoms with Crippen LogP contribution in [-0.2, 0) is 0 Å². The van der Waals surface area contributed by atoms with Crippen molar-refractivity contribution in [3.63, 3.8) is 0 Å². The molecule has 1 aliphatic rings. The third-order valence-electron chi connectivity index (χ3n) is 5.25. The lowest BCUT2D eigenvalue weighted by Crippen LogP contribution is -2.32. The predicted molar refractivity (Wildman–Crippen MR) is 101 cm³/mol. The lowest BCUT2D eigenvalue weighted by atomic mass is 9.71. The Balaban J connectivity index is 1.86. The minimum atomic E-state index is 0.344. The Kier molecular flexibility index (Phi) is 4.08. The van der Waals surface area contributed by atoms with E-state index >= 15 is 0 Å². The van der Waals surface area contributed by atoms with Crippen molar-refractivity contribution < 1.29 is 0 Å². The van der Waals surface area contributed by atoms with Crippen molar-refractivity contribution in [1.82, 2.24) is 0 Å². The zero-order chi connectivity index (χ0) is 16.4. The number of fused-ring (bicyclic) bond motifs is 1. The molecule has 0 amide bonds. The van der Waals surface area contributed by atoms with Gasteiger partial charge in [0.15, 0.2) is 0 Å². The molecule has 3 atom stereocenters. The number of hydrogen-bond acceptors (Lipinski definition) is 1. The van der Waals surface area contributed by atoms with Gasteiger partial charge in [-0.05, 0) is 28.7 Å². The van der Waals surface area contributed by atoms with E-state index in [2.05, 4.69) is 97.2 Å². The van der Waals surface area contributed by atoms with Gasteiger partial charge in [-0.2, -0.15) is 0 Å². The van der Waals surface area contributed by atoms with Crippen LogP contribution < -0.4 is 5.32 Å². The van der Waals surface area contributed by atoms with E-state index in [1.165, 1.54) is 22.4 Å². The fourth-order valence-electron chi connectivity index (χ4n) is 4.15. The normalized spacial score (nSPS) is 22.5. The lowest BCUT2D eigenvalue weighted by Gasteiger charge is -2.41. The summed E-state index contributed by atoms with van der Waals surface area (Å²) in [6, 6.07) is 31.0. The van der Waals surface area contributed by atoms with Crippen molar-refractivity contribution in [2.45, 2.75) is 25.3 Å². The zero-order valence-corrected chi connectivity index (χ0v) is 14.0. The van der Waals surface area contributed by atoms with Gasteiger partial charge in [-0.3, -0.25) is 0 Å². The van der Waals surface area contributed by atoms with Gasteiger partial charge in [-0.15, -0.1) is 0 Å². The van der Waals surface area contributed by atoms with Crippen molar-refractivity contribution in [3.05, 3.63) is 102 Å². The second-order valence-corrected chi connectivity index (χ2v) is 6.58. The zero-order valence-electron chi connectivity index (χ0n) is 14.0. The lowest BCUT2D eigenvalue weighted by molar-refractivity contribution is 0.380. The molecule has 0 unspecified atom stereocenters. The van der Waals surface area contributed by atoms with E-state index < -0.39 is 0 Å². The van der Waals surface area contributed by atoms with Crippen molar-refractivity contribution >= 4 is 5.69 Å². The molecule has 3 aromatic rings. The molecule has 0 fully saturated rings. The van der Waals surface area contributed by atoms with Crippen LogP contribution in [0, 0.1) is 5.92 Å². The van der Waals surface area contributed by atoms with E-state index in [-0.39, 0.29) is 0 Å². The number of rotatable bonds is 3. The summed E-state index contributed by atoms with van der Waals surface area (Å²) in [5, 5.41) is 3.81. The van der Waals surface area contributed by atoms with E-state index in [0.717, 1.165) is 6.42 Å². The third kappa shape index (κ3) is 2.60. The monoisotopic (exact) mass is 313 g/mol. The van der Waals surface area contributed by atoms with Crippen LogP contribution in [0.1, 0.15) is 42.0 Å². The van der Waals surface area contributed by atoms with Crippen LogP contribution in [0.15, 0.2) is 84.9 Å². The average molecular weight is 313 g/mol. The second kappa shape index (κ2) is 6.52. The van der Waals surface area contributed by atoms with Gasteiger partial charge >= 0.3 is 0 Å². The van der Waals surface area contributed by atoms with Crippen LogP contribution in [0.3, 0.4) is 0 Å². The van der Waals surface area contributed by atoms with Gasteiger partial charge in [-0.25, -0.2) is 0 Å². The molecule has 1 heterocycles. The van der Waals surface area contributed by atoms with Gasteiger partial charge in [0, 0.05) is 11.6 Å². The van der Waals surface area contributed by atoms with E-state index in [1.807, 2.05) is 0 Å². The first-order chi connectivity index (χ1) is 11.9. The average Bonchev–Trinajstić information content (AvgIpc) is 2.67. The highest BCUT2D eigenvalue weighted by atomic mass is 15.0. The van der Waals surface area contributed by atoms with Gasteiger partial charge in [0.05, 0.1) is 6.04 Å². The van der Waals surface area contributed by atoms with E-state index in [1.54, 1.807) is 0 Å². The maximum atomic E-state index is 3.81. The maximum Gasteiger partial charge on any atom is 0.0551 e. The van der Waals surface area contributed by atoms with Crippen LogP contribution in [0.5, 0.6) is 0 Å². The summed E-state index contributed by atoms with van der Waals surface area (Å²) in [4.78, 5) is 0. The SMILES string of the molecule is CC[C@@H]1[C@H](c2ccccc2)c2ccccc2N[C@@H]1c1ccccc1. The van der Waals surface area contributed by atoms with Gasteiger partial charge in [0.25, 0.3) is 0 Å². The smallest absolute Gasteiger partial charge is 0.0551 e. The molecule has 1 N–H and O–H groups in total. The summed E-state index contributed by atoms with van der Waals surface area (Å²) in [7, 11) is 0. The molecule has 1 aliphatic heterocycles. The summed E-state index contributed by atoms with van der Waals surface area (Å²) in [6.07, 6.45) is 1.14. The largest absolute Gasteiger partial charge is 0.378 e. The molecule has 0 aromatic heterocycles. The van der Waals surface area contributed by atoms with Crippen molar-refractivity contribution in [3.8, 4) is 0 Å². The number of anilines is 1. The van der Waals surface area contributed by atoms with Crippen LogP contribution in [0.2, 0.25) is 0 Å². The van der Waals surface area contributed by atoms with Crippen molar-refractivity contribution in [1.29, 1.82) is 0 Å². The fraction of sp³-hybridized carbons (Fsp3) is 0.217. The Labute approximate surface area is 144 Å². The van der Waals surface area contributed by atoms with Gasteiger partial charge in [-0.1, -0.05) is 92.2 Å². The van der Waals surface area contributed by atoms with Crippen molar-refractivity contribution in [2.75, 3.05) is 5.32 Å². The highest BCUT2D eigenvalue weighted by Crippen LogP contribution is 2.48. The Bertz CT molecular complexity index is 795. The van der Waals surface area contributed by atoms with E-state index in [9.17, 15) is 0 Å². The Morgan fingerprint density at radius 3 is 1.96 bits per heavy atom. The predicted octanol–water partition coefficient (Wildman–Crippen LogP) is 6.01. The van der Waals surface area contributed by atoms with Gasteiger partial charge in [0.1, 0.15) is 0 Å². The number of hydrogen-bond donors (Lipinski definition) is 1. The number of para-hydroxylation sites is 1. The van der Waals surface area contributed by atoms with E-state index in [4.69, 9.17) is 0 Å². The molecular weight excluding hydrogens is 290 g/mol. The topological polar surface area (TPSA) is 12.0 Å². The quantitative estimate of drug-likeness (QED) is 0.624. The standard InChI is InChI=1S/C23H23N/c1-2-19-22(17-11-5-3-6-12-17)20-15-9-10-16-21(20)24-23(19)18-13-7-4-8-14-18/h3-16,19,22-24H,2H2,1H3/t19-,22+,23-/m1/s1. The molecule has 120 valence electrons.